The number of fused-ring (bicyclic) bond motifs is 1. The fourth-order valence-corrected chi connectivity index (χ4v) is 4.79. The molecule has 9 nitrogen and oxygen atoms in total. The Balaban J connectivity index is 1.18. The van der Waals surface area contributed by atoms with Gasteiger partial charge in [0.2, 0.25) is 5.89 Å². The molecule has 0 aliphatic rings. The molecule has 5 aromatic rings. The molecular formula is C32H24Cl2N2O7. The SMILES string of the molecule is O=C(O)N[C@@H](Cc1ccc(COC(=O)c2ccc3nc(-c4cc(Cl)cc(Cl)c4)oc3c2)cc1)C(=O)OCc1ccccc1. The molecule has 218 valence electrons. The first-order valence-electron chi connectivity index (χ1n) is 13.1. The summed E-state index contributed by atoms with van der Waals surface area (Å²) < 4.78 is 16.6. The summed E-state index contributed by atoms with van der Waals surface area (Å²) in [6.45, 7) is 0.0266. The Morgan fingerprint density at radius 1 is 0.814 bits per heavy atom. The van der Waals surface area contributed by atoms with Crippen molar-refractivity contribution in [3.8, 4) is 11.5 Å². The molecule has 0 aliphatic heterocycles. The Bertz CT molecular complexity index is 1750. The molecule has 11 heteroatoms. The van der Waals surface area contributed by atoms with Gasteiger partial charge in [-0.3, -0.25) is 0 Å². The molecule has 0 unspecified atom stereocenters. The maximum Gasteiger partial charge on any atom is 0.405 e. The molecular weight excluding hydrogens is 595 g/mol. The van der Waals surface area contributed by atoms with Crippen LogP contribution in [0.15, 0.2) is 95.4 Å². The summed E-state index contributed by atoms with van der Waals surface area (Å²) >= 11 is 12.2. The average molecular weight is 619 g/mol. The van der Waals surface area contributed by atoms with Crippen molar-refractivity contribution in [1.29, 1.82) is 0 Å². The van der Waals surface area contributed by atoms with Crippen molar-refractivity contribution >= 4 is 52.3 Å². The van der Waals surface area contributed by atoms with E-state index in [2.05, 4.69) is 10.3 Å². The van der Waals surface area contributed by atoms with Crippen molar-refractivity contribution in [2.24, 2.45) is 0 Å². The van der Waals surface area contributed by atoms with E-state index >= 15 is 0 Å². The van der Waals surface area contributed by atoms with E-state index in [-0.39, 0.29) is 25.2 Å². The summed E-state index contributed by atoms with van der Waals surface area (Å²) in [5.41, 5.74) is 4.03. The van der Waals surface area contributed by atoms with Crippen molar-refractivity contribution in [3.63, 3.8) is 0 Å². The first-order valence-corrected chi connectivity index (χ1v) is 13.8. The number of hydrogen-bond donors (Lipinski definition) is 2. The lowest BCUT2D eigenvalue weighted by Crippen LogP contribution is -2.42. The van der Waals surface area contributed by atoms with E-state index in [1.165, 1.54) is 0 Å². The first-order chi connectivity index (χ1) is 20.7. The predicted molar refractivity (Wildman–Crippen MR) is 160 cm³/mol. The van der Waals surface area contributed by atoms with Crippen LogP contribution in [-0.4, -0.2) is 34.2 Å². The molecule has 0 saturated carbocycles. The third kappa shape index (κ3) is 7.91. The minimum absolute atomic E-state index is 0.00423. The number of carbonyl (C=O) groups excluding carboxylic acids is 2. The van der Waals surface area contributed by atoms with Crippen LogP contribution in [0.2, 0.25) is 10.0 Å². The second-order valence-electron chi connectivity index (χ2n) is 9.55. The van der Waals surface area contributed by atoms with E-state index in [1.54, 1.807) is 72.8 Å². The number of carbonyl (C=O) groups is 3. The second-order valence-corrected chi connectivity index (χ2v) is 10.4. The molecule has 0 saturated heterocycles. The smallest absolute Gasteiger partial charge is 0.405 e. The van der Waals surface area contributed by atoms with Crippen molar-refractivity contribution in [2.45, 2.75) is 25.7 Å². The molecule has 0 bridgehead atoms. The van der Waals surface area contributed by atoms with Gasteiger partial charge in [-0.25, -0.2) is 19.4 Å². The van der Waals surface area contributed by atoms with E-state index in [4.69, 9.17) is 37.1 Å². The van der Waals surface area contributed by atoms with Gasteiger partial charge >= 0.3 is 18.0 Å². The van der Waals surface area contributed by atoms with Crippen molar-refractivity contribution in [3.05, 3.63) is 123 Å². The zero-order chi connectivity index (χ0) is 30.3. The van der Waals surface area contributed by atoms with Gasteiger partial charge in [0.15, 0.2) is 5.58 Å². The van der Waals surface area contributed by atoms with Gasteiger partial charge in [-0.05, 0) is 53.1 Å². The standard InChI is InChI=1S/C32H24Cl2N2O7/c33-24-13-23(14-25(34)16-24)29-35-26-11-10-22(15-28(26)43-29)30(37)41-18-21-8-6-19(7-9-21)12-27(36-32(39)40)31(38)42-17-20-4-2-1-3-5-20/h1-11,13-16,27,36H,12,17-18H2,(H,39,40)/t27-/m0/s1. The van der Waals surface area contributed by atoms with Gasteiger partial charge in [0.25, 0.3) is 0 Å². The molecule has 0 spiro atoms. The van der Waals surface area contributed by atoms with Crippen LogP contribution in [-0.2, 0) is 33.9 Å². The summed E-state index contributed by atoms with van der Waals surface area (Å²) in [5.74, 6) is -0.923. The third-order valence-electron chi connectivity index (χ3n) is 6.37. The highest BCUT2D eigenvalue weighted by Crippen LogP contribution is 2.29. The summed E-state index contributed by atoms with van der Waals surface area (Å²) in [5, 5.41) is 12.3. The number of ether oxygens (including phenoxy) is 2. The van der Waals surface area contributed by atoms with Gasteiger partial charge in [0.1, 0.15) is 24.8 Å². The Morgan fingerprint density at radius 3 is 2.16 bits per heavy atom. The van der Waals surface area contributed by atoms with Crippen molar-refractivity contribution in [1.82, 2.24) is 10.3 Å². The number of amides is 1. The van der Waals surface area contributed by atoms with Crippen molar-refractivity contribution < 1.29 is 33.4 Å². The quantitative estimate of drug-likeness (QED) is 0.159. The van der Waals surface area contributed by atoms with E-state index in [9.17, 15) is 19.5 Å². The number of nitrogens with one attached hydrogen (secondary N) is 1. The highest BCUT2D eigenvalue weighted by molar-refractivity contribution is 6.35. The lowest BCUT2D eigenvalue weighted by molar-refractivity contribution is -0.147. The number of halogens is 2. The number of esters is 2. The second kappa shape index (κ2) is 13.4. The highest BCUT2D eigenvalue weighted by Gasteiger charge is 2.23. The lowest BCUT2D eigenvalue weighted by atomic mass is 10.0. The van der Waals surface area contributed by atoms with Gasteiger partial charge in [0.05, 0.1) is 5.56 Å². The van der Waals surface area contributed by atoms with E-state index in [0.29, 0.717) is 43.7 Å². The Labute approximate surface area is 256 Å². The van der Waals surface area contributed by atoms with Gasteiger partial charge in [0, 0.05) is 22.0 Å². The molecule has 1 amide bonds. The number of nitrogens with zero attached hydrogens (tertiary/aromatic N) is 1. The number of carboxylic acid groups (broad SMARTS) is 1. The molecule has 1 atom stereocenters. The predicted octanol–water partition coefficient (Wildman–Crippen LogP) is 7.08. The number of hydrogen-bond acceptors (Lipinski definition) is 7. The van der Waals surface area contributed by atoms with E-state index < -0.39 is 24.1 Å². The minimum atomic E-state index is -1.33. The van der Waals surface area contributed by atoms with Gasteiger partial charge in [-0.15, -0.1) is 0 Å². The maximum atomic E-state index is 12.7. The summed E-state index contributed by atoms with van der Waals surface area (Å²) in [6.07, 6.45) is -1.25. The zero-order valence-electron chi connectivity index (χ0n) is 22.5. The largest absolute Gasteiger partial charge is 0.465 e. The van der Waals surface area contributed by atoms with E-state index in [0.717, 1.165) is 5.56 Å². The van der Waals surface area contributed by atoms with Crippen LogP contribution in [0.1, 0.15) is 27.0 Å². The van der Waals surface area contributed by atoms with Gasteiger partial charge in [-0.1, -0.05) is 77.8 Å². The van der Waals surface area contributed by atoms with Crippen molar-refractivity contribution in [2.75, 3.05) is 0 Å². The average Bonchev–Trinajstić information content (AvgIpc) is 3.43. The molecule has 0 aliphatic carbocycles. The van der Waals surface area contributed by atoms with E-state index in [1.807, 2.05) is 18.2 Å². The molecule has 43 heavy (non-hydrogen) atoms. The number of oxazole rings is 1. The van der Waals surface area contributed by atoms with Gasteiger partial charge in [-0.2, -0.15) is 0 Å². The molecule has 5 rings (SSSR count). The monoisotopic (exact) mass is 618 g/mol. The van der Waals surface area contributed by atoms with Crippen LogP contribution in [0.25, 0.3) is 22.6 Å². The van der Waals surface area contributed by atoms with Gasteiger partial charge < -0.3 is 24.3 Å². The Kier molecular flexibility index (Phi) is 9.24. The zero-order valence-corrected chi connectivity index (χ0v) is 24.0. The lowest BCUT2D eigenvalue weighted by Gasteiger charge is -2.16. The van der Waals surface area contributed by atoms with Crippen LogP contribution in [0, 0.1) is 0 Å². The molecule has 1 heterocycles. The fourth-order valence-electron chi connectivity index (χ4n) is 4.26. The van der Waals surface area contributed by atoms with Crippen LogP contribution in [0.3, 0.4) is 0 Å². The topological polar surface area (TPSA) is 128 Å². The summed E-state index contributed by atoms with van der Waals surface area (Å²) in [7, 11) is 0. The number of benzene rings is 4. The normalized spacial score (nSPS) is 11.6. The van der Waals surface area contributed by atoms with Crippen LogP contribution < -0.4 is 5.32 Å². The Morgan fingerprint density at radius 2 is 1.47 bits per heavy atom. The first kappa shape index (κ1) is 29.6. The third-order valence-corrected chi connectivity index (χ3v) is 6.81. The molecule has 2 N–H and O–H groups in total. The summed E-state index contributed by atoms with van der Waals surface area (Å²) in [4.78, 5) is 41.1. The number of aromatic nitrogens is 1. The minimum Gasteiger partial charge on any atom is -0.465 e. The fraction of sp³-hybridized carbons (Fsp3) is 0.125. The Hall–Kier alpha value is -4.86. The number of rotatable bonds is 10. The van der Waals surface area contributed by atoms with Crippen LogP contribution >= 0.6 is 23.2 Å². The molecule has 1 aromatic heterocycles. The molecule has 0 fully saturated rings. The maximum absolute atomic E-state index is 12.7. The van der Waals surface area contributed by atoms with Crippen LogP contribution in [0.5, 0.6) is 0 Å². The summed E-state index contributed by atoms with van der Waals surface area (Å²) in [6, 6.07) is 24.7. The molecule has 0 radical (unpaired) electrons. The highest BCUT2D eigenvalue weighted by atomic mass is 35.5. The van der Waals surface area contributed by atoms with Crippen LogP contribution in [0.4, 0.5) is 4.79 Å². The molecule has 4 aromatic carbocycles.